The van der Waals surface area contributed by atoms with Crippen molar-refractivity contribution in [2.75, 3.05) is 13.7 Å². The van der Waals surface area contributed by atoms with Crippen LogP contribution in [0.5, 0.6) is 5.75 Å². The number of hydrogen-bond acceptors (Lipinski definition) is 2. The lowest BCUT2D eigenvalue weighted by Gasteiger charge is -2.26. The van der Waals surface area contributed by atoms with Crippen LogP contribution in [0.25, 0.3) is 0 Å². The van der Waals surface area contributed by atoms with Crippen LogP contribution in [0.3, 0.4) is 0 Å². The standard InChI is InChI=1S/C18H17BrFNO2/c1-23-14-5-2-4-12(10-14)17-6-3-9-21(17)18(22)15-11-13(20)7-8-16(15)19/h2,4-5,7-8,10-11,17H,3,6,9H2,1H3/t17-/m0/s1. The molecule has 1 aliphatic heterocycles. The van der Waals surface area contributed by atoms with E-state index >= 15 is 0 Å². The van der Waals surface area contributed by atoms with E-state index in [1.54, 1.807) is 13.2 Å². The Morgan fingerprint density at radius 3 is 2.91 bits per heavy atom. The molecule has 0 bridgehead atoms. The van der Waals surface area contributed by atoms with E-state index in [1.807, 2.05) is 29.2 Å². The molecule has 2 aromatic carbocycles. The molecule has 1 saturated heterocycles. The number of carbonyl (C=O) groups excluding carboxylic acids is 1. The van der Waals surface area contributed by atoms with Gasteiger partial charge in [0.25, 0.3) is 5.91 Å². The largest absolute Gasteiger partial charge is 0.497 e. The minimum Gasteiger partial charge on any atom is -0.497 e. The lowest BCUT2D eigenvalue weighted by atomic mass is 10.0. The van der Waals surface area contributed by atoms with Crippen LogP contribution in [0.4, 0.5) is 4.39 Å². The van der Waals surface area contributed by atoms with Crippen LogP contribution in [0, 0.1) is 5.82 Å². The van der Waals surface area contributed by atoms with Gasteiger partial charge in [-0.1, -0.05) is 12.1 Å². The zero-order valence-electron chi connectivity index (χ0n) is 12.8. The summed E-state index contributed by atoms with van der Waals surface area (Å²) in [7, 11) is 1.63. The molecule has 0 spiro atoms. The first-order valence-corrected chi connectivity index (χ1v) is 8.29. The van der Waals surface area contributed by atoms with Crippen molar-refractivity contribution in [2.45, 2.75) is 18.9 Å². The highest BCUT2D eigenvalue weighted by molar-refractivity contribution is 9.10. The molecule has 0 saturated carbocycles. The molecule has 3 rings (SSSR count). The van der Waals surface area contributed by atoms with Gasteiger partial charge in [-0.15, -0.1) is 0 Å². The van der Waals surface area contributed by atoms with E-state index in [0.717, 1.165) is 24.2 Å². The number of amides is 1. The molecule has 0 unspecified atom stereocenters. The van der Waals surface area contributed by atoms with Crippen LogP contribution in [-0.4, -0.2) is 24.5 Å². The molecule has 0 aliphatic carbocycles. The number of methoxy groups -OCH3 is 1. The fraction of sp³-hybridized carbons (Fsp3) is 0.278. The van der Waals surface area contributed by atoms with E-state index in [9.17, 15) is 9.18 Å². The summed E-state index contributed by atoms with van der Waals surface area (Å²) in [5, 5.41) is 0. The van der Waals surface area contributed by atoms with Gasteiger partial charge in [0, 0.05) is 11.0 Å². The van der Waals surface area contributed by atoms with E-state index in [0.29, 0.717) is 16.6 Å². The first-order valence-electron chi connectivity index (χ1n) is 7.50. The zero-order valence-corrected chi connectivity index (χ0v) is 14.3. The Labute approximate surface area is 143 Å². The fourth-order valence-corrected chi connectivity index (χ4v) is 3.44. The molecule has 120 valence electrons. The van der Waals surface area contributed by atoms with Crippen molar-refractivity contribution in [2.24, 2.45) is 0 Å². The number of benzene rings is 2. The maximum Gasteiger partial charge on any atom is 0.255 e. The molecular formula is C18H17BrFNO2. The summed E-state index contributed by atoms with van der Waals surface area (Å²) in [6.45, 7) is 0.670. The van der Waals surface area contributed by atoms with Gasteiger partial charge < -0.3 is 9.64 Å². The molecule has 0 aromatic heterocycles. The minimum atomic E-state index is -0.409. The van der Waals surface area contributed by atoms with Crippen LogP contribution in [0.15, 0.2) is 46.9 Å². The van der Waals surface area contributed by atoms with Crippen molar-refractivity contribution in [3.05, 3.63) is 63.9 Å². The fourth-order valence-electron chi connectivity index (χ4n) is 3.02. The maximum atomic E-state index is 13.5. The molecule has 1 fully saturated rings. The summed E-state index contributed by atoms with van der Waals surface area (Å²) < 4.78 is 19.4. The van der Waals surface area contributed by atoms with Crippen LogP contribution in [-0.2, 0) is 0 Å². The number of ether oxygens (including phenoxy) is 1. The Kier molecular flexibility index (Phi) is 4.66. The van der Waals surface area contributed by atoms with Gasteiger partial charge in [-0.25, -0.2) is 4.39 Å². The monoisotopic (exact) mass is 377 g/mol. The first-order chi connectivity index (χ1) is 11.1. The normalized spacial score (nSPS) is 17.3. The third-order valence-corrected chi connectivity index (χ3v) is 4.84. The highest BCUT2D eigenvalue weighted by Crippen LogP contribution is 2.35. The first kappa shape index (κ1) is 16.0. The highest BCUT2D eigenvalue weighted by Gasteiger charge is 2.31. The third kappa shape index (κ3) is 3.24. The van der Waals surface area contributed by atoms with Gasteiger partial charge in [0.05, 0.1) is 18.7 Å². The number of carbonyl (C=O) groups is 1. The molecule has 5 heteroatoms. The topological polar surface area (TPSA) is 29.5 Å². The van der Waals surface area contributed by atoms with Crippen molar-refractivity contribution in [3.63, 3.8) is 0 Å². The second-order valence-electron chi connectivity index (χ2n) is 5.56. The van der Waals surface area contributed by atoms with Gasteiger partial charge in [-0.3, -0.25) is 4.79 Å². The molecule has 2 aromatic rings. The number of nitrogens with zero attached hydrogens (tertiary/aromatic N) is 1. The van der Waals surface area contributed by atoms with Crippen LogP contribution >= 0.6 is 15.9 Å². The van der Waals surface area contributed by atoms with Gasteiger partial charge in [-0.05, 0) is 64.7 Å². The van der Waals surface area contributed by atoms with Gasteiger partial charge in [0.1, 0.15) is 11.6 Å². The Balaban J connectivity index is 1.91. The third-order valence-electron chi connectivity index (χ3n) is 4.15. The molecule has 3 nitrogen and oxygen atoms in total. The summed E-state index contributed by atoms with van der Waals surface area (Å²) in [6.07, 6.45) is 1.83. The predicted octanol–water partition coefficient (Wildman–Crippen LogP) is 4.57. The quantitative estimate of drug-likeness (QED) is 0.783. The van der Waals surface area contributed by atoms with Crippen LogP contribution < -0.4 is 4.74 Å². The van der Waals surface area contributed by atoms with E-state index in [-0.39, 0.29) is 11.9 Å². The number of likely N-dealkylation sites (tertiary alicyclic amines) is 1. The second kappa shape index (κ2) is 6.71. The molecular weight excluding hydrogens is 361 g/mol. The number of hydrogen-bond donors (Lipinski definition) is 0. The van der Waals surface area contributed by atoms with Gasteiger partial charge in [0.2, 0.25) is 0 Å². The summed E-state index contributed by atoms with van der Waals surface area (Å²) >= 11 is 3.34. The average molecular weight is 378 g/mol. The maximum absolute atomic E-state index is 13.5. The Morgan fingerprint density at radius 1 is 1.30 bits per heavy atom. The van der Waals surface area contributed by atoms with E-state index < -0.39 is 5.82 Å². The second-order valence-corrected chi connectivity index (χ2v) is 6.41. The minimum absolute atomic E-state index is 0.00670. The molecule has 1 heterocycles. The van der Waals surface area contributed by atoms with Gasteiger partial charge >= 0.3 is 0 Å². The number of halogens is 2. The lowest BCUT2D eigenvalue weighted by Crippen LogP contribution is -2.30. The van der Waals surface area contributed by atoms with Crippen molar-refractivity contribution in [1.29, 1.82) is 0 Å². The molecule has 23 heavy (non-hydrogen) atoms. The van der Waals surface area contributed by atoms with Crippen molar-refractivity contribution >= 4 is 21.8 Å². The predicted molar refractivity (Wildman–Crippen MR) is 90.1 cm³/mol. The summed E-state index contributed by atoms with van der Waals surface area (Å²) in [5.74, 6) is 0.212. The summed E-state index contributed by atoms with van der Waals surface area (Å²) in [6, 6.07) is 11.9. The Bertz CT molecular complexity index is 735. The van der Waals surface area contributed by atoms with E-state index in [2.05, 4.69) is 15.9 Å². The van der Waals surface area contributed by atoms with Crippen molar-refractivity contribution in [3.8, 4) is 5.75 Å². The van der Waals surface area contributed by atoms with E-state index in [1.165, 1.54) is 12.1 Å². The van der Waals surface area contributed by atoms with Crippen molar-refractivity contribution in [1.82, 2.24) is 4.90 Å². The van der Waals surface area contributed by atoms with Gasteiger partial charge in [0.15, 0.2) is 0 Å². The molecule has 0 radical (unpaired) electrons. The van der Waals surface area contributed by atoms with Crippen LogP contribution in [0.1, 0.15) is 34.8 Å². The average Bonchev–Trinajstić information content (AvgIpc) is 3.06. The Hall–Kier alpha value is -1.88. The smallest absolute Gasteiger partial charge is 0.255 e. The molecule has 1 aliphatic rings. The summed E-state index contributed by atoms with van der Waals surface area (Å²) in [5.41, 5.74) is 1.41. The number of rotatable bonds is 3. The van der Waals surface area contributed by atoms with Crippen molar-refractivity contribution < 1.29 is 13.9 Å². The SMILES string of the molecule is COc1cccc([C@@H]2CCCN2C(=O)c2cc(F)ccc2Br)c1. The molecule has 1 amide bonds. The Morgan fingerprint density at radius 2 is 2.13 bits per heavy atom. The van der Waals surface area contributed by atoms with Crippen LogP contribution in [0.2, 0.25) is 0 Å². The highest BCUT2D eigenvalue weighted by atomic mass is 79.9. The lowest BCUT2D eigenvalue weighted by molar-refractivity contribution is 0.0734. The molecule has 0 N–H and O–H groups in total. The summed E-state index contributed by atoms with van der Waals surface area (Å²) in [4.78, 5) is 14.7. The zero-order chi connectivity index (χ0) is 16.4. The van der Waals surface area contributed by atoms with E-state index in [4.69, 9.17) is 4.74 Å². The van der Waals surface area contributed by atoms with Gasteiger partial charge in [-0.2, -0.15) is 0 Å². The molecule has 1 atom stereocenters.